The van der Waals surface area contributed by atoms with Crippen LogP contribution in [-0.2, 0) is 5.60 Å². The molecule has 19 heavy (non-hydrogen) atoms. The van der Waals surface area contributed by atoms with Crippen LogP contribution >= 0.6 is 15.9 Å². The number of H-pyrrole nitrogens is 1. The lowest BCUT2D eigenvalue weighted by molar-refractivity contribution is 0.102. The van der Waals surface area contributed by atoms with Crippen molar-refractivity contribution in [3.8, 4) is 0 Å². The van der Waals surface area contributed by atoms with Gasteiger partial charge in [0, 0.05) is 16.2 Å². The van der Waals surface area contributed by atoms with Gasteiger partial charge in [0.25, 0.3) is 0 Å². The molecule has 0 spiro atoms. The highest BCUT2D eigenvalue weighted by Gasteiger charge is 2.25. The number of hydrogen-bond donors (Lipinski definition) is 2. The van der Waals surface area contributed by atoms with Crippen LogP contribution < -0.4 is 0 Å². The molecule has 3 heteroatoms. The van der Waals surface area contributed by atoms with Gasteiger partial charge in [0.1, 0.15) is 5.60 Å². The molecule has 0 aliphatic heterocycles. The van der Waals surface area contributed by atoms with E-state index in [0.717, 1.165) is 26.5 Å². The molecule has 2 N–H and O–H groups in total. The summed E-state index contributed by atoms with van der Waals surface area (Å²) in [5.41, 5.74) is 1.83. The zero-order chi connectivity index (χ0) is 13.5. The van der Waals surface area contributed by atoms with Crippen molar-refractivity contribution >= 4 is 26.8 Å². The molecule has 3 aromatic rings. The second-order valence-electron chi connectivity index (χ2n) is 4.86. The van der Waals surface area contributed by atoms with Gasteiger partial charge in [0.2, 0.25) is 0 Å². The van der Waals surface area contributed by atoms with Gasteiger partial charge in [-0.05, 0) is 53.8 Å². The van der Waals surface area contributed by atoms with Crippen molar-refractivity contribution in [1.29, 1.82) is 0 Å². The van der Waals surface area contributed by atoms with Crippen LogP contribution in [0.5, 0.6) is 0 Å². The Hall–Kier alpha value is -1.58. The molecule has 1 aromatic heterocycles. The Balaban J connectivity index is 2.12. The van der Waals surface area contributed by atoms with Gasteiger partial charge in [-0.15, -0.1) is 0 Å². The topological polar surface area (TPSA) is 36.0 Å². The standard InChI is InChI=1S/C16H14BrNO/c1-16(19,12-3-2-4-14(17)10-12)13-5-6-15-11(9-13)7-8-18-15/h2-10,18-19H,1H3. The van der Waals surface area contributed by atoms with Crippen LogP contribution in [0.15, 0.2) is 59.2 Å². The summed E-state index contributed by atoms with van der Waals surface area (Å²) in [5.74, 6) is 0. The molecule has 1 heterocycles. The van der Waals surface area contributed by atoms with E-state index in [0.29, 0.717) is 0 Å². The van der Waals surface area contributed by atoms with Crippen LogP contribution in [0.2, 0.25) is 0 Å². The summed E-state index contributed by atoms with van der Waals surface area (Å²) in [6.45, 7) is 1.82. The van der Waals surface area contributed by atoms with Gasteiger partial charge in [0.05, 0.1) is 0 Å². The average Bonchev–Trinajstić information content (AvgIpc) is 2.85. The van der Waals surface area contributed by atoms with Crippen LogP contribution in [-0.4, -0.2) is 10.1 Å². The molecule has 0 aliphatic rings. The van der Waals surface area contributed by atoms with E-state index in [1.54, 1.807) is 0 Å². The van der Waals surface area contributed by atoms with Gasteiger partial charge >= 0.3 is 0 Å². The highest BCUT2D eigenvalue weighted by Crippen LogP contribution is 2.32. The number of aromatic amines is 1. The Morgan fingerprint density at radius 3 is 2.63 bits per heavy atom. The van der Waals surface area contributed by atoms with Crippen LogP contribution in [0.25, 0.3) is 10.9 Å². The fourth-order valence-electron chi connectivity index (χ4n) is 2.31. The first-order valence-electron chi connectivity index (χ1n) is 6.13. The molecule has 0 amide bonds. The van der Waals surface area contributed by atoms with Gasteiger partial charge in [-0.2, -0.15) is 0 Å². The third-order valence-corrected chi connectivity index (χ3v) is 4.00. The van der Waals surface area contributed by atoms with Crippen LogP contribution in [0.3, 0.4) is 0 Å². The quantitative estimate of drug-likeness (QED) is 0.731. The number of benzene rings is 2. The molecule has 2 aromatic carbocycles. The van der Waals surface area contributed by atoms with Crippen molar-refractivity contribution in [3.05, 3.63) is 70.3 Å². The zero-order valence-corrected chi connectivity index (χ0v) is 12.1. The first-order chi connectivity index (χ1) is 9.07. The third kappa shape index (κ3) is 2.20. The molecule has 0 fully saturated rings. The highest BCUT2D eigenvalue weighted by atomic mass is 79.9. The molecule has 3 rings (SSSR count). The molecule has 96 valence electrons. The lowest BCUT2D eigenvalue weighted by atomic mass is 9.88. The summed E-state index contributed by atoms with van der Waals surface area (Å²) in [4.78, 5) is 3.16. The molecule has 0 saturated carbocycles. The lowest BCUT2D eigenvalue weighted by Crippen LogP contribution is -2.22. The fraction of sp³-hybridized carbons (Fsp3) is 0.125. The monoisotopic (exact) mass is 315 g/mol. The molecule has 0 saturated heterocycles. The first kappa shape index (κ1) is 12.5. The number of fused-ring (bicyclic) bond motifs is 1. The summed E-state index contributed by atoms with van der Waals surface area (Å²) in [6, 6.07) is 15.8. The zero-order valence-electron chi connectivity index (χ0n) is 10.5. The van der Waals surface area contributed by atoms with E-state index in [2.05, 4.69) is 20.9 Å². The highest BCUT2D eigenvalue weighted by molar-refractivity contribution is 9.10. The minimum Gasteiger partial charge on any atom is -0.381 e. The third-order valence-electron chi connectivity index (χ3n) is 3.50. The Labute approximate surface area is 120 Å². The van der Waals surface area contributed by atoms with E-state index in [-0.39, 0.29) is 0 Å². The van der Waals surface area contributed by atoms with Crippen molar-refractivity contribution in [2.75, 3.05) is 0 Å². The maximum Gasteiger partial charge on any atom is 0.112 e. The van der Waals surface area contributed by atoms with Gasteiger partial charge in [0.15, 0.2) is 0 Å². The van der Waals surface area contributed by atoms with Crippen LogP contribution in [0, 0.1) is 0 Å². The largest absolute Gasteiger partial charge is 0.381 e. The second kappa shape index (κ2) is 4.51. The molecule has 2 nitrogen and oxygen atoms in total. The van der Waals surface area contributed by atoms with Gasteiger partial charge < -0.3 is 10.1 Å². The molecular formula is C16H14BrNO. The average molecular weight is 316 g/mol. The minimum atomic E-state index is -1.00. The van der Waals surface area contributed by atoms with E-state index in [1.165, 1.54) is 0 Å². The molecule has 0 aliphatic carbocycles. The van der Waals surface area contributed by atoms with Crippen LogP contribution in [0.1, 0.15) is 18.1 Å². The Kier molecular flexibility index (Phi) is 2.96. The van der Waals surface area contributed by atoms with E-state index < -0.39 is 5.60 Å². The van der Waals surface area contributed by atoms with E-state index in [4.69, 9.17) is 0 Å². The molecule has 1 unspecified atom stereocenters. The summed E-state index contributed by atoms with van der Waals surface area (Å²) >= 11 is 3.44. The first-order valence-corrected chi connectivity index (χ1v) is 6.93. The van der Waals surface area contributed by atoms with Crippen molar-refractivity contribution in [2.45, 2.75) is 12.5 Å². The fourth-order valence-corrected chi connectivity index (χ4v) is 2.71. The summed E-state index contributed by atoms with van der Waals surface area (Å²) in [5, 5.41) is 12.0. The maximum absolute atomic E-state index is 10.8. The Morgan fingerprint density at radius 2 is 1.84 bits per heavy atom. The smallest absolute Gasteiger partial charge is 0.112 e. The van der Waals surface area contributed by atoms with E-state index in [9.17, 15) is 5.11 Å². The number of rotatable bonds is 2. The van der Waals surface area contributed by atoms with Gasteiger partial charge in [-0.3, -0.25) is 0 Å². The molecule has 0 bridgehead atoms. The molecule has 0 radical (unpaired) electrons. The summed E-state index contributed by atoms with van der Waals surface area (Å²) < 4.78 is 0.966. The summed E-state index contributed by atoms with van der Waals surface area (Å²) in [6.07, 6.45) is 1.91. The summed E-state index contributed by atoms with van der Waals surface area (Å²) in [7, 11) is 0. The minimum absolute atomic E-state index is 0.872. The number of nitrogens with one attached hydrogen (secondary N) is 1. The number of hydrogen-bond acceptors (Lipinski definition) is 1. The Bertz CT molecular complexity index is 730. The second-order valence-corrected chi connectivity index (χ2v) is 5.78. The predicted molar refractivity (Wildman–Crippen MR) is 81.1 cm³/mol. The van der Waals surface area contributed by atoms with Crippen LogP contribution in [0.4, 0.5) is 0 Å². The lowest BCUT2D eigenvalue weighted by Gasteiger charge is -2.25. The molecular weight excluding hydrogens is 302 g/mol. The SMILES string of the molecule is CC(O)(c1cccc(Br)c1)c1ccc2[nH]ccc2c1. The van der Waals surface area contributed by atoms with Crippen molar-refractivity contribution in [1.82, 2.24) is 4.98 Å². The number of aromatic nitrogens is 1. The maximum atomic E-state index is 10.8. The van der Waals surface area contributed by atoms with Gasteiger partial charge in [-0.25, -0.2) is 0 Å². The normalized spacial score (nSPS) is 14.5. The predicted octanol–water partition coefficient (Wildman–Crippen LogP) is 4.19. The van der Waals surface area contributed by atoms with Crippen molar-refractivity contribution < 1.29 is 5.11 Å². The number of halogens is 1. The van der Waals surface area contributed by atoms with E-state index in [1.807, 2.05) is 61.7 Å². The van der Waals surface area contributed by atoms with Crippen molar-refractivity contribution in [2.24, 2.45) is 0 Å². The van der Waals surface area contributed by atoms with E-state index >= 15 is 0 Å². The number of aliphatic hydroxyl groups is 1. The van der Waals surface area contributed by atoms with Gasteiger partial charge in [-0.1, -0.05) is 34.1 Å². The Morgan fingerprint density at radius 1 is 1.05 bits per heavy atom. The molecule has 1 atom stereocenters. The van der Waals surface area contributed by atoms with Crippen molar-refractivity contribution in [3.63, 3.8) is 0 Å².